The van der Waals surface area contributed by atoms with Crippen LogP contribution in [0.2, 0.25) is 0 Å². The number of ether oxygens (including phenoxy) is 1. The first kappa shape index (κ1) is 14.7. The van der Waals surface area contributed by atoms with Crippen LogP contribution in [0.3, 0.4) is 0 Å². The summed E-state index contributed by atoms with van der Waals surface area (Å²) < 4.78 is 22.1. The summed E-state index contributed by atoms with van der Waals surface area (Å²) in [5, 5.41) is 9.40. The maximum Gasteiger partial charge on any atom is 0.335 e. The predicted octanol–water partition coefficient (Wildman–Crippen LogP) is 1.80. The van der Waals surface area contributed by atoms with Gasteiger partial charge in [0.05, 0.1) is 11.9 Å². The van der Waals surface area contributed by atoms with E-state index in [4.69, 9.17) is 18.9 Å². The van der Waals surface area contributed by atoms with Gasteiger partial charge in [0.2, 0.25) is 0 Å². The molecule has 2 rings (SSSR count). The minimum atomic E-state index is -0.750. The molecule has 6 nitrogen and oxygen atoms in total. The van der Waals surface area contributed by atoms with Crippen molar-refractivity contribution in [1.29, 1.82) is 0 Å². The SMILES string of the molecule is Cc1ccc(Oc2ccc(N)c(O)c2)cn1.O=S=O. The Hall–Kier alpha value is -2.41. The lowest BCUT2D eigenvalue weighted by Gasteiger charge is -2.06. The Morgan fingerprint density at radius 2 is 1.84 bits per heavy atom. The van der Waals surface area contributed by atoms with Crippen LogP contribution >= 0.6 is 0 Å². The van der Waals surface area contributed by atoms with E-state index in [1.165, 1.54) is 6.07 Å². The minimum Gasteiger partial charge on any atom is -0.506 e. The number of nitrogens with zero attached hydrogens (tertiary/aromatic N) is 1. The summed E-state index contributed by atoms with van der Waals surface area (Å²) in [5.74, 6) is 1.16. The van der Waals surface area contributed by atoms with Crippen molar-refractivity contribution < 1.29 is 18.3 Å². The van der Waals surface area contributed by atoms with Crippen molar-refractivity contribution in [1.82, 2.24) is 4.98 Å². The monoisotopic (exact) mass is 280 g/mol. The Kier molecular flexibility index (Phi) is 5.49. The molecule has 0 spiro atoms. The summed E-state index contributed by atoms with van der Waals surface area (Å²) >= 11 is -0.750. The highest BCUT2D eigenvalue weighted by molar-refractivity contribution is 7.51. The number of nitrogens with two attached hydrogens (primary N) is 1. The van der Waals surface area contributed by atoms with Crippen molar-refractivity contribution in [2.24, 2.45) is 0 Å². The number of phenols is 1. The second-order valence-electron chi connectivity index (χ2n) is 3.53. The summed E-state index contributed by atoms with van der Waals surface area (Å²) in [6.45, 7) is 1.90. The molecule has 1 aromatic heterocycles. The van der Waals surface area contributed by atoms with Gasteiger partial charge in [-0.1, -0.05) is 0 Å². The molecule has 0 saturated heterocycles. The van der Waals surface area contributed by atoms with Crippen molar-refractivity contribution in [2.75, 3.05) is 5.73 Å². The molecule has 0 aliphatic heterocycles. The summed E-state index contributed by atoms with van der Waals surface area (Å²) in [4.78, 5) is 4.10. The van der Waals surface area contributed by atoms with Crippen molar-refractivity contribution in [3.63, 3.8) is 0 Å². The van der Waals surface area contributed by atoms with E-state index in [1.807, 2.05) is 19.1 Å². The number of aryl methyl sites for hydroxylation is 1. The van der Waals surface area contributed by atoms with E-state index in [2.05, 4.69) is 4.98 Å². The lowest BCUT2D eigenvalue weighted by Crippen LogP contribution is -1.89. The fraction of sp³-hybridized carbons (Fsp3) is 0.0833. The average Bonchev–Trinajstić information content (AvgIpc) is 2.38. The number of rotatable bonds is 2. The van der Waals surface area contributed by atoms with Gasteiger partial charge in [0.1, 0.15) is 17.2 Å². The van der Waals surface area contributed by atoms with E-state index in [0.717, 1.165) is 5.69 Å². The van der Waals surface area contributed by atoms with Crippen molar-refractivity contribution in [3.05, 3.63) is 42.2 Å². The summed E-state index contributed by atoms with van der Waals surface area (Å²) in [5.41, 5.74) is 6.74. The second kappa shape index (κ2) is 7.12. The number of anilines is 1. The first-order valence-electron chi connectivity index (χ1n) is 5.17. The van der Waals surface area contributed by atoms with E-state index < -0.39 is 11.6 Å². The van der Waals surface area contributed by atoms with Crippen LogP contribution in [0, 0.1) is 6.92 Å². The van der Waals surface area contributed by atoms with Crippen LogP contribution in [0.5, 0.6) is 17.2 Å². The van der Waals surface area contributed by atoms with Gasteiger partial charge in [-0.3, -0.25) is 4.98 Å². The van der Waals surface area contributed by atoms with Gasteiger partial charge in [0.25, 0.3) is 0 Å². The Morgan fingerprint density at radius 1 is 1.21 bits per heavy atom. The van der Waals surface area contributed by atoms with Crippen molar-refractivity contribution in [3.8, 4) is 17.2 Å². The lowest BCUT2D eigenvalue weighted by atomic mass is 10.3. The zero-order valence-electron chi connectivity index (χ0n) is 10.1. The van der Waals surface area contributed by atoms with E-state index in [0.29, 0.717) is 17.2 Å². The first-order chi connectivity index (χ1) is 9.06. The Balaban J connectivity index is 0.000000550. The zero-order valence-corrected chi connectivity index (χ0v) is 10.9. The molecule has 0 aliphatic rings. The molecule has 0 bridgehead atoms. The minimum absolute atomic E-state index is 0.0116. The van der Waals surface area contributed by atoms with E-state index in [1.54, 1.807) is 18.3 Å². The van der Waals surface area contributed by atoms with Crippen LogP contribution < -0.4 is 10.5 Å². The average molecular weight is 280 g/mol. The van der Waals surface area contributed by atoms with Crippen LogP contribution in [0.15, 0.2) is 36.5 Å². The molecule has 100 valence electrons. The highest BCUT2D eigenvalue weighted by Crippen LogP contribution is 2.28. The number of pyridine rings is 1. The van der Waals surface area contributed by atoms with E-state index >= 15 is 0 Å². The maximum atomic E-state index is 9.40. The van der Waals surface area contributed by atoms with Gasteiger partial charge in [-0.05, 0) is 31.2 Å². The van der Waals surface area contributed by atoms with Gasteiger partial charge in [0.15, 0.2) is 0 Å². The van der Waals surface area contributed by atoms with Crippen LogP contribution in [0.1, 0.15) is 5.69 Å². The molecule has 0 aliphatic carbocycles. The molecule has 19 heavy (non-hydrogen) atoms. The number of nitrogen functional groups attached to an aromatic ring is 1. The number of hydrogen-bond donors (Lipinski definition) is 2. The highest BCUT2D eigenvalue weighted by atomic mass is 32.1. The Labute approximate surface area is 113 Å². The molecule has 0 unspecified atom stereocenters. The second-order valence-corrected chi connectivity index (χ2v) is 3.66. The summed E-state index contributed by atoms with van der Waals surface area (Å²) in [7, 11) is 0. The van der Waals surface area contributed by atoms with Gasteiger partial charge in [0, 0.05) is 11.8 Å². The van der Waals surface area contributed by atoms with Crippen molar-refractivity contribution in [2.45, 2.75) is 6.92 Å². The van der Waals surface area contributed by atoms with Crippen LogP contribution in [-0.2, 0) is 11.6 Å². The molecule has 0 amide bonds. The quantitative estimate of drug-likeness (QED) is 0.642. The molecule has 7 heteroatoms. The molecule has 1 heterocycles. The van der Waals surface area contributed by atoms with Gasteiger partial charge < -0.3 is 15.6 Å². The third kappa shape index (κ3) is 4.76. The summed E-state index contributed by atoms with van der Waals surface area (Å²) in [6.07, 6.45) is 1.63. The largest absolute Gasteiger partial charge is 0.506 e. The third-order valence-corrected chi connectivity index (χ3v) is 2.12. The highest BCUT2D eigenvalue weighted by Gasteiger charge is 2.01. The number of benzene rings is 1. The van der Waals surface area contributed by atoms with E-state index in [-0.39, 0.29) is 5.75 Å². The molecule has 0 atom stereocenters. The predicted molar refractivity (Wildman–Crippen MR) is 70.5 cm³/mol. The molecule has 0 fully saturated rings. The van der Waals surface area contributed by atoms with Gasteiger partial charge in [-0.15, -0.1) is 0 Å². The fourth-order valence-electron chi connectivity index (χ4n) is 1.24. The number of aromatic nitrogens is 1. The maximum absolute atomic E-state index is 9.40. The molecule has 0 saturated carbocycles. The van der Waals surface area contributed by atoms with Gasteiger partial charge in [-0.25, -0.2) is 0 Å². The summed E-state index contributed by atoms with van der Waals surface area (Å²) in [6, 6.07) is 8.42. The zero-order chi connectivity index (χ0) is 14.3. The van der Waals surface area contributed by atoms with Gasteiger partial charge in [-0.2, -0.15) is 8.42 Å². The normalized spacial score (nSPS) is 9.11. The van der Waals surface area contributed by atoms with E-state index in [9.17, 15) is 5.11 Å². The van der Waals surface area contributed by atoms with Gasteiger partial charge >= 0.3 is 11.6 Å². The van der Waals surface area contributed by atoms with Crippen LogP contribution in [0.25, 0.3) is 0 Å². The molecule has 2 aromatic rings. The topological polar surface area (TPSA) is 103 Å². The molecule has 3 N–H and O–H groups in total. The Morgan fingerprint density at radius 3 is 2.37 bits per heavy atom. The van der Waals surface area contributed by atoms with Crippen molar-refractivity contribution >= 4 is 17.3 Å². The third-order valence-electron chi connectivity index (χ3n) is 2.12. The standard InChI is InChI=1S/C12H12N2O2.O2S/c1-8-2-3-10(7-14-8)16-9-4-5-11(13)12(15)6-9;1-3-2/h2-7,15H,13H2,1H3;. The van der Waals surface area contributed by atoms with Crippen LogP contribution in [-0.4, -0.2) is 18.5 Å². The Bertz CT molecular complexity index is 581. The lowest BCUT2D eigenvalue weighted by molar-refractivity contribution is 0.456. The molecular formula is C12H12N2O4S. The molecule has 1 aromatic carbocycles. The number of hydrogen-bond acceptors (Lipinski definition) is 6. The molecule has 0 radical (unpaired) electrons. The van der Waals surface area contributed by atoms with Crippen LogP contribution in [0.4, 0.5) is 5.69 Å². The first-order valence-corrected chi connectivity index (χ1v) is 5.84. The fourth-order valence-corrected chi connectivity index (χ4v) is 1.24. The number of phenolic OH excluding ortho intramolecular Hbond substituents is 1. The number of aromatic hydroxyl groups is 1. The smallest absolute Gasteiger partial charge is 0.335 e. The molecular weight excluding hydrogens is 268 g/mol.